The number of hydrogen-bond acceptors (Lipinski definition) is 6. The van der Waals surface area contributed by atoms with Gasteiger partial charge in [0.1, 0.15) is 5.75 Å². The van der Waals surface area contributed by atoms with Crippen LogP contribution in [0.5, 0.6) is 5.75 Å². The van der Waals surface area contributed by atoms with Gasteiger partial charge in [0.15, 0.2) is 10.1 Å². The van der Waals surface area contributed by atoms with Crippen molar-refractivity contribution in [1.82, 2.24) is 4.90 Å². The predicted octanol–water partition coefficient (Wildman–Crippen LogP) is 4.95. The van der Waals surface area contributed by atoms with Crippen molar-refractivity contribution in [3.63, 3.8) is 0 Å². The maximum Gasteiger partial charge on any atom is 0.270 e. The molecule has 1 saturated heterocycles. The van der Waals surface area contributed by atoms with Crippen molar-refractivity contribution < 1.29 is 19.1 Å². The minimum absolute atomic E-state index is 0.181. The lowest BCUT2D eigenvalue weighted by molar-refractivity contribution is -0.120. The lowest BCUT2D eigenvalue weighted by Gasteiger charge is -2.12. The number of methoxy groups -OCH3 is 1. The Bertz CT molecular complexity index is 1180. The molecule has 0 bridgehead atoms. The third-order valence-corrected chi connectivity index (χ3v) is 5.94. The van der Waals surface area contributed by atoms with Crippen molar-refractivity contribution in [2.45, 2.75) is 13.8 Å². The van der Waals surface area contributed by atoms with Crippen molar-refractivity contribution in [1.29, 1.82) is 0 Å². The summed E-state index contributed by atoms with van der Waals surface area (Å²) in [4.78, 5) is 39.4. The molecule has 0 aromatic heterocycles. The van der Waals surface area contributed by atoms with Gasteiger partial charge in [0.2, 0.25) is 0 Å². The molecule has 1 heterocycles. The van der Waals surface area contributed by atoms with E-state index in [0.717, 1.165) is 27.8 Å². The largest absolute Gasteiger partial charge is 0.497 e. The third-order valence-electron chi connectivity index (χ3n) is 4.61. The summed E-state index contributed by atoms with van der Waals surface area (Å²) in [6.45, 7) is 3.15. The van der Waals surface area contributed by atoms with Gasteiger partial charge in [0.25, 0.3) is 11.8 Å². The molecule has 2 aromatic carbocycles. The molecule has 0 spiro atoms. The number of nitrogens with zero attached hydrogens (tertiary/aromatic N) is 1. The number of nitrogens with one attached hydrogen (secondary N) is 1. The number of rotatable bonds is 7. The number of anilines is 1. The Hall–Kier alpha value is -3.49. The fourth-order valence-corrected chi connectivity index (χ4v) is 4.22. The van der Waals surface area contributed by atoms with E-state index in [1.807, 2.05) is 43.3 Å². The summed E-state index contributed by atoms with van der Waals surface area (Å²) in [6.07, 6.45) is 4.90. The molecule has 1 N–H and O–H groups in total. The number of carbonyl (C=O) groups excluding carboxylic acids is 3. The number of benzene rings is 2. The molecule has 168 valence electrons. The Kier molecular flexibility index (Phi) is 7.97. The van der Waals surface area contributed by atoms with Gasteiger partial charge in [-0.3, -0.25) is 19.3 Å². The molecule has 6 nitrogen and oxygen atoms in total. The van der Waals surface area contributed by atoms with Crippen LogP contribution in [-0.2, 0) is 14.4 Å². The van der Waals surface area contributed by atoms with Crippen molar-refractivity contribution in [3.05, 3.63) is 88.5 Å². The Labute approximate surface area is 202 Å². The third kappa shape index (κ3) is 6.27. The average Bonchev–Trinajstić information content (AvgIpc) is 3.05. The van der Waals surface area contributed by atoms with Crippen molar-refractivity contribution in [2.24, 2.45) is 0 Å². The van der Waals surface area contributed by atoms with Crippen molar-refractivity contribution in [2.75, 3.05) is 12.4 Å². The number of ketones is 1. The zero-order valence-electron chi connectivity index (χ0n) is 18.3. The van der Waals surface area contributed by atoms with Gasteiger partial charge in [-0.05, 0) is 55.3 Å². The van der Waals surface area contributed by atoms with Gasteiger partial charge < -0.3 is 10.1 Å². The van der Waals surface area contributed by atoms with Gasteiger partial charge in [-0.25, -0.2) is 0 Å². The summed E-state index contributed by atoms with van der Waals surface area (Å²) in [7, 11) is 1.54. The minimum atomic E-state index is -0.633. The van der Waals surface area contributed by atoms with E-state index in [1.54, 1.807) is 37.5 Å². The Morgan fingerprint density at radius 2 is 1.73 bits per heavy atom. The number of carbonyl (C=O) groups is 3. The van der Waals surface area contributed by atoms with Crippen molar-refractivity contribution >= 4 is 57.7 Å². The van der Waals surface area contributed by atoms with E-state index in [-0.39, 0.29) is 15.8 Å². The molecule has 1 aliphatic heterocycles. The smallest absolute Gasteiger partial charge is 0.270 e. The zero-order valence-corrected chi connectivity index (χ0v) is 20.0. The molecule has 0 aliphatic carbocycles. The molecule has 1 aliphatic rings. The lowest BCUT2D eigenvalue weighted by atomic mass is 10.1. The molecule has 3 rings (SSSR count). The summed E-state index contributed by atoms with van der Waals surface area (Å²) < 4.78 is 5.34. The molecule has 0 unspecified atom stereocenters. The van der Waals surface area contributed by atoms with Crippen LogP contribution in [0.25, 0.3) is 6.08 Å². The van der Waals surface area contributed by atoms with Gasteiger partial charge in [-0.15, -0.1) is 0 Å². The van der Waals surface area contributed by atoms with Crippen LogP contribution in [-0.4, -0.2) is 33.9 Å². The SMILES string of the molecule is COc1ccc(NC(=O)/C(=C/N2C(=O)/C(=C/C(C)=C/c3ccccc3)SC2=S)C(C)=O)cc1. The predicted molar refractivity (Wildman–Crippen MR) is 136 cm³/mol. The summed E-state index contributed by atoms with van der Waals surface area (Å²) in [6, 6.07) is 16.4. The number of thioether (sulfide) groups is 1. The fraction of sp³-hybridized carbons (Fsp3) is 0.120. The molecule has 0 saturated carbocycles. The van der Waals surface area contributed by atoms with E-state index in [9.17, 15) is 14.4 Å². The summed E-state index contributed by atoms with van der Waals surface area (Å²) >= 11 is 6.45. The van der Waals surface area contributed by atoms with Gasteiger partial charge in [0.05, 0.1) is 17.6 Å². The minimum Gasteiger partial charge on any atom is -0.497 e. The molecule has 0 radical (unpaired) electrons. The van der Waals surface area contributed by atoms with Crippen LogP contribution in [0.1, 0.15) is 19.4 Å². The Balaban J connectivity index is 1.80. The van der Waals surface area contributed by atoms with Crippen molar-refractivity contribution in [3.8, 4) is 5.75 Å². The normalized spacial score (nSPS) is 15.7. The first-order valence-corrected chi connectivity index (χ1v) is 11.2. The van der Waals surface area contributed by atoms with Crippen LogP contribution in [0.15, 0.2) is 82.9 Å². The standard InChI is InChI=1S/C25H22N2O4S2/c1-16(13-18-7-5-4-6-8-18)14-22-24(30)27(25(32)33-22)15-21(17(2)28)23(29)26-19-9-11-20(31-3)12-10-19/h4-15H,1-3H3,(H,26,29)/b16-13+,21-15+,22-14-. The molecular weight excluding hydrogens is 456 g/mol. The number of ether oxygens (including phenoxy) is 1. The summed E-state index contributed by atoms with van der Waals surface area (Å²) in [5.74, 6) is -0.872. The quantitative estimate of drug-likeness (QED) is 0.263. The maximum absolute atomic E-state index is 12.9. The topological polar surface area (TPSA) is 75.7 Å². The molecule has 8 heteroatoms. The first-order chi connectivity index (χ1) is 15.8. The number of thiocarbonyl (C=S) groups is 1. The number of Topliss-reactive ketones (excluding diaryl/α,β-unsaturated/α-hetero) is 1. The lowest BCUT2D eigenvalue weighted by Crippen LogP contribution is -2.27. The second kappa shape index (κ2) is 10.9. The van der Waals surface area contributed by atoms with Gasteiger partial charge in [0, 0.05) is 11.9 Å². The first kappa shape index (κ1) is 24.2. The molecule has 2 aromatic rings. The number of amides is 2. The second-order valence-electron chi connectivity index (χ2n) is 7.13. The van der Waals surface area contributed by atoms with Crippen LogP contribution in [0.2, 0.25) is 0 Å². The molecule has 2 amide bonds. The van der Waals surface area contributed by atoms with Crippen LogP contribution in [0.4, 0.5) is 5.69 Å². The molecule has 1 fully saturated rings. The van der Waals surface area contributed by atoms with Gasteiger partial charge >= 0.3 is 0 Å². The molecule has 33 heavy (non-hydrogen) atoms. The first-order valence-electron chi connectivity index (χ1n) is 9.97. The van der Waals surface area contributed by atoms with E-state index in [0.29, 0.717) is 16.3 Å². The fourth-order valence-electron chi connectivity index (χ4n) is 2.96. The Morgan fingerprint density at radius 1 is 1.06 bits per heavy atom. The number of hydrogen-bond donors (Lipinski definition) is 1. The maximum atomic E-state index is 12.9. The number of allylic oxidation sites excluding steroid dienone is 2. The highest BCUT2D eigenvalue weighted by Crippen LogP contribution is 2.33. The monoisotopic (exact) mass is 478 g/mol. The highest BCUT2D eigenvalue weighted by Gasteiger charge is 2.32. The summed E-state index contributed by atoms with van der Waals surface area (Å²) in [5.41, 5.74) is 2.19. The van der Waals surface area contributed by atoms with Gasteiger partial charge in [-0.2, -0.15) is 0 Å². The van der Waals surface area contributed by atoms with Gasteiger partial charge in [-0.1, -0.05) is 60.4 Å². The second-order valence-corrected chi connectivity index (χ2v) is 8.81. The zero-order chi connectivity index (χ0) is 24.0. The van der Waals surface area contributed by atoms with Crippen LogP contribution in [0.3, 0.4) is 0 Å². The van der Waals surface area contributed by atoms with E-state index in [4.69, 9.17) is 17.0 Å². The Morgan fingerprint density at radius 3 is 2.33 bits per heavy atom. The molecule has 0 atom stereocenters. The van der Waals surface area contributed by atoms with Crippen LogP contribution in [0, 0.1) is 0 Å². The highest BCUT2D eigenvalue weighted by molar-refractivity contribution is 8.26. The van der Waals surface area contributed by atoms with E-state index in [2.05, 4.69) is 5.32 Å². The summed E-state index contributed by atoms with van der Waals surface area (Å²) in [5, 5.41) is 2.65. The van der Waals surface area contributed by atoms with E-state index >= 15 is 0 Å². The van der Waals surface area contributed by atoms with E-state index < -0.39 is 11.7 Å². The highest BCUT2D eigenvalue weighted by atomic mass is 32.2. The van der Waals surface area contributed by atoms with Crippen LogP contribution < -0.4 is 10.1 Å². The van der Waals surface area contributed by atoms with Crippen LogP contribution >= 0.6 is 24.0 Å². The average molecular weight is 479 g/mol. The van der Waals surface area contributed by atoms with E-state index in [1.165, 1.54) is 13.1 Å². The molecular formula is C25H22N2O4S2.